The number of hydrogen-bond acceptors (Lipinski definition) is 3. The molecule has 116 valence electrons. The summed E-state index contributed by atoms with van der Waals surface area (Å²) in [4.78, 5) is 16.3. The number of aromatic nitrogens is 1. The topological polar surface area (TPSA) is 39.2 Å². The van der Waals surface area contributed by atoms with E-state index >= 15 is 0 Å². The van der Waals surface area contributed by atoms with Crippen LogP contribution in [0.25, 0.3) is 0 Å². The Morgan fingerprint density at radius 1 is 1.14 bits per heavy atom. The molecular weight excluding hydrogens is 274 g/mol. The van der Waals surface area contributed by atoms with E-state index in [1.54, 1.807) is 25.3 Å². The molecule has 22 heavy (non-hydrogen) atoms. The van der Waals surface area contributed by atoms with E-state index in [0.717, 1.165) is 11.3 Å². The maximum absolute atomic E-state index is 12.0. The molecule has 0 fully saturated rings. The summed E-state index contributed by atoms with van der Waals surface area (Å²) >= 11 is 0. The molecule has 0 bridgehead atoms. The Morgan fingerprint density at radius 2 is 1.82 bits per heavy atom. The summed E-state index contributed by atoms with van der Waals surface area (Å²) in [5, 5.41) is 0. The van der Waals surface area contributed by atoms with E-state index in [9.17, 15) is 4.79 Å². The number of benzene rings is 1. The third-order valence-electron chi connectivity index (χ3n) is 3.58. The second kappa shape index (κ2) is 6.73. The first-order valence-electron chi connectivity index (χ1n) is 7.62. The molecule has 0 atom stereocenters. The Balaban J connectivity index is 2.22. The van der Waals surface area contributed by atoms with Crippen LogP contribution in [0.5, 0.6) is 0 Å². The molecule has 2 aromatic rings. The number of carbonyl (C=O) groups excluding carboxylic acids is 1. The molecule has 1 aromatic heterocycles. The Hall–Kier alpha value is -2.16. The van der Waals surface area contributed by atoms with Gasteiger partial charge in [-0.3, -0.25) is 4.98 Å². The molecule has 0 aliphatic carbocycles. The van der Waals surface area contributed by atoms with Crippen LogP contribution < -0.4 is 0 Å². The largest absolute Gasteiger partial charge is 0.462 e. The van der Waals surface area contributed by atoms with Gasteiger partial charge in [0, 0.05) is 12.6 Å². The van der Waals surface area contributed by atoms with Crippen molar-refractivity contribution in [2.24, 2.45) is 0 Å². The molecule has 0 radical (unpaired) electrons. The minimum atomic E-state index is -0.308. The van der Waals surface area contributed by atoms with E-state index in [1.165, 1.54) is 5.56 Å². The van der Waals surface area contributed by atoms with Crippen LogP contribution in [0.2, 0.25) is 0 Å². The number of rotatable bonds is 4. The highest BCUT2D eigenvalue weighted by molar-refractivity contribution is 5.90. The van der Waals surface area contributed by atoms with Crippen LogP contribution in [-0.4, -0.2) is 17.6 Å². The first-order valence-corrected chi connectivity index (χ1v) is 7.62. The molecule has 0 aliphatic rings. The number of pyridine rings is 1. The van der Waals surface area contributed by atoms with Crippen molar-refractivity contribution in [3.05, 3.63) is 65.0 Å². The zero-order valence-electron chi connectivity index (χ0n) is 13.7. The number of esters is 1. The Kier molecular flexibility index (Phi) is 4.96. The third kappa shape index (κ3) is 3.94. The lowest BCUT2D eigenvalue weighted by Crippen LogP contribution is -2.11. The summed E-state index contributed by atoms with van der Waals surface area (Å²) in [7, 11) is 0. The van der Waals surface area contributed by atoms with E-state index in [-0.39, 0.29) is 11.4 Å². The van der Waals surface area contributed by atoms with Crippen LogP contribution in [-0.2, 0) is 16.6 Å². The molecule has 3 heteroatoms. The van der Waals surface area contributed by atoms with Gasteiger partial charge in [-0.25, -0.2) is 4.79 Å². The molecule has 0 saturated carbocycles. The van der Waals surface area contributed by atoms with Gasteiger partial charge < -0.3 is 4.74 Å². The van der Waals surface area contributed by atoms with Crippen LogP contribution in [0.15, 0.2) is 42.6 Å². The predicted octanol–water partition coefficient (Wildman–Crippen LogP) is 4.15. The zero-order chi connectivity index (χ0) is 16.2. The van der Waals surface area contributed by atoms with Crippen LogP contribution >= 0.6 is 0 Å². The molecule has 0 unspecified atom stereocenters. The van der Waals surface area contributed by atoms with Gasteiger partial charge >= 0.3 is 5.97 Å². The lowest BCUT2D eigenvalue weighted by molar-refractivity contribution is 0.0524. The van der Waals surface area contributed by atoms with E-state index < -0.39 is 0 Å². The summed E-state index contributed by atoms with van der Waals surface area (Å²) in [6.07, 6.45) is 2.33. The minimum absolute atomic E-state index is 0.139. The molecule has 1 aromatic carbocycles. The van der Waals surface area contributed by atoms with Crippen LogP contribution in [0.4, 0.5) is 0 Å². The van der Waals surface area contributed by atoms with Crippen LogP contribution in [0.3, 0.4) is 0 Å². The quantitative estimate of drug-likeness (QED) is 0.796. The smallest absolute Gasteiger partial charge is 0.339 e. The maximum Gasteiger partial charge on any atom is 0.339 e. The highest BCUT2D eigenvalue weighted by Crippen LogP contribution is 2.23. The Labute approximate surface area is 132 Å². The van der Waals surface area contributed by atoms with Crippen molar-refractivity contribution in [3.8, 4) is 0 Å². The minimum Gasteiger partial charge on any atom is -0.462 e. The molecular formula is C19H23NO2. The van der Waals surface area contributed by atoms with Gasteiger partial charge in [0.2, 0.25) is 0 Å². The highest BCUT2D eigenvalue weighted by atomic mass is 16.5. The average molecular weight is 297 g/mol. The Morgan fingerprint density at radius 3 is 2.41 bits per heavy atom. The molecule has 0 saturated heterocycles. The predicted molar refractivity (Wildman–Crippen MR) is 88.1 cm³/mol. The number of ether oxygens (including phenoxy) is 1. The maximum atomic E-state index is 12.0. The lowest BCUT2D eigenvalue weighted by atomic mass is 9.86. The van der Waals surface area contributed by atoms with Crippen LogP contribution in [0, 0.1) is 0 Å². The van der Waals surface area contributed by atoms with Gasteiger partial charge in [-0.1, -0.05) is 45.0 Å². The Bertz CT molecular complexity index is 639. The second-order valence-corrected chi connectivity index (χ2v) is 6.34. The fraction of sp³-hybridized carbons (Fsp3) is 0.368. The molecule has 0 amide bonds. The lowest BCUT2D eigenvalue weighted by Gasteiger charge is -2.19. The summed E-state index contributed by atoms with van der Waals surface area (Å²) < 4.78 is 5.09. The number of nitrogens with zero attached hydrogens (tertiary/aromatic N) is 1. The normalized spacial score (nSPS) is 11.3. The van der Waals surface area contributed by atoms with Crippen molar-refractivity contribution < 1.29 is 9.53 Å². The molecule has 3 nitrogen and oxygen atoms in total. The van der Waals surface area contributed by atoms with Crippen LogP contribution in [0.1, 0.15) is 54.9 Å². The van der Waals surface area contributed by atoms with Gasteiger partial charge in [0.05, 0.1) is 17.9 Å². The van der Waals surface area contributed by atoms with Gasteiger partial charge in [-0.2, -0.15) is 0 Å². The second-order valence-electron chi connectivity index (χ2n) is 6.34. The standard InChI is InChI=1S/C19H23NO2/c1-5-22-18(21)16-7-6-12-20-17(16)13-14-8-10-15(11-9-14)19(2,3)4/h6-12H,5,13H2,1-4H3. The number of carbonyl (C=O) groups is 1. The first-order chi connectivity index (χ1) is 10.4. The summed E-state index contributed by atoms with van der Waals surface area (Å²) in [5.74, 6) is -0.308. The van der Waals surface area contributed by atoms with Gasteiger partial charge in [-0.15, -0.1) is 0 Å². The fourth-order valence-corrected chi connectivity index (χ4v) is 2.29. The summed E-state index contributed by atoms with van der Waals surface area (Å²) in [5.41, 5.74) is 3.87. The molecule has 1 heterocycles. The molecule has 2 rings (SSSR count). The summed E-state index contributed by atoms with van der Waals surface area (Å²) in [6.45, 7) is 8.76. The molecule has 0 N–H and O–H groups in total. The van der Waals surface area contributed by atoms with Crippen molar-refractivity contribution in [1.82, 2.24) is 4.98 Å². The SMILES string of the molecule is CCOC(=O)c1cccnc1Cc1ccc(C(C)(C)C)cc1. The highest BCUT2D eigenvalue weighted by Gasteiger charge is 2.15. The van der Waals surface area contributed by atoms with E-state index in [4.69, 9.17) is 4.74 Å². The van der Waals surface area contributed by atoms with Gasteiger partial charge in [0.25, 0.3) is 0 Å². The van der Waals surface area contributed by atoms with Crippen molar-refractivity contribution in [1.29, 1.82) is 0 Å². The van der Waals surface area contributed by atoms with Crippen molar-refractivity contribution in [3.63, 3.8) is 0 Å². The summed E-state index contributed by atoms with van der Waals surface area (Å²) in [6, 6.07) is 12.0. The fourth-order valence-electron chi connectivity index (χ4n) is 2.29. The number of hydrogen-bond donors (Lipinski definition) is 0. The van der Waals surface area contributed by atoms with Gasteiger partial charge in [0.15, 0.2) is 0 Å². The zero-order valence-corrected chi connectivity index (χ0v) is 13.7. The monoisotopic (exact) mass is 297 g/mol. The first kappa shape index (κ1) is 16.2. The van der Waals surface area contributed by atoms with Crippen molar-refractivity contribution in [2.75, 3.05) is 6.61 Å². The molecule has 0 spiro atoms. The average Bonchev–Trinajstić information content (AvgIpc) is 2.47. The van der Waals surface area contributed by atoms with E-state index in [2.05, 4.69) is 50.0 Å². The van der Waals surface area contributed by atoms with E-state index in [0.29, 0.717) is 18.6 Å². The third-order valence-corrected chi connectivity index (χ3v) is 3.58. The molecule has 0 aliphatic heterocycles. The van der Waals surface area contributed by atoms with Gasteiger partial charge in [0.1, 0.15) is 0 Å². The van der Waals surface area contributed by atoms with Crippen molar-refractivity contribution >= 4 is 5.97 Å². The van der Waals surface area contributed by atoms with Crippen molar-refractivity contribution in [2.45, 2.75) is 39.5 Å². The van der Waals surface area contributed by atoms with Gasteiger partial charge in [-0.05, 0) is 35.6 Å². The van der Waals surface area contributed by atoms with E-state index in [1.807, 2.05) is 0 Å².